The van der Waals surface area contributed by atoms with Crippen LogP contribution in [0.5, 0.6) is 0 Å². The third kappa shape index (κ3) is 5.21. The Balaban J connectivity index is 1.20. The number of nitrogens with zero attached hydrogens (tertiary/aromatic N) is 1. The lowest BCUT2D eigenvalue weighted by molar-refractivity contribution is 0.314. The number of aryl methyl sites for hydroxylation is 3. The maximum Gasteiger partial charge on any atom is 0.0717 e. The topological polar surface area (TPSA) is 3.24 Å². The fourth-order valence-electron chi connectivity index (χ4n) is 11.1. The second-order valence-electron chi connectivity index (χ2n) is 17.4. The Morgan fingerprint density at radius 2 is 1.26 bits per heavy atom. The monoisotopic (exact) mass is 737 g/mol. The van der Waals surface area contributed by atoms with Crippen molar-refractivity contribution in [3.8, 4) is 11.1 Å². The lowest BCUT2D eigenvalue weighted by Crippen LogP contribution is -2.30. The van der Waals surface area contributed by atoms with E-state index in [2.05, 4.69) is 210 Å². The maximum atomic E-state index is 2.52. The molecule has 0 aliphatic heterocycles. The molecule has 0 saturated heterocycles. The van der Waals surface area contributed by atoms with Crippen molar-refractivity contribution in [1.82, 2.24) is 0 Å². The average Bonchev–Trinajstić information content (AvgIpc) is 3.67. The zero-order chi connectivity index (χ0) is 39.1. The number of para-hydroxylation sites is 1. The number of fused-ring (bicyclic) bond motifs is 5. The molecule has 4 aliphatic rings. The normalized spacial score (nSPS) is 19.4. The predicted octanol–water partition coefficient (Wildman–Crippen LogP) is 14.6. The van der Waals surface area contributed by atoms with Gasteiger partial charge in [-0.3, -0.25) is 0 Å². The van der Waals surface area contributed by atoms with Crippen molar-refractivity contribution in [3.05, 3.63) is 225 Å². The van der Waals surface area contributed by atoms with Crippen LogP contribution in [0.2, 0.25) is 0 Å². The molecule has 10 rings (SSSR count). The molecule has 6 aromatic rings. The first-order valence-corrected chi connectivity index (χ1v) is 20.8. The van der Waals surface area contributed by atoms with Crippen molar-refractivity contribution in [1.29, 1.82) is 0 Å². The van der Waals surface area contributed by atoms with E-state index < -0.39 is 5.41 Å². The molecule has 0 aromatic heterocycles. The smallest absolute Gasteiger partial charge is 0.0717 e. The van der Waals surface area contributed by atoms with Gasteiger partial charge in [0.05, 0.1) is 11.1 Å². The minimum atomic E-state index is -0.490. The summed E-state index contributed by atoms with van der Waals surface area (Å²) in [7, 11) is 0. The summed E-state index contributed by atoms with van der Waals surface area (Å²) in [5, 5.41) is 0. The molecule has 0 fully saturated rings. The van der Waals surface area contributed by atoms with E-state index in [4.69, 9.17) is 0 Å². The highest BCUT2D eigenvalue weighted by Gasteiger charge is 2.50. The Hall–Kier alpha value is -5.92. The van der Waals surface area contributed by atoms with Crippen LogP contribution in [0.1, 0.15) is 76.8 Å². The average molecular weight is 738 g/mol. The van der Waals surface area contributed by atoms with E-state index >= 15 is 0 Å². The number of allylic oxidation sites excluding steroid dienone is 8. The summed E-state index contributed by atoms with van der Waals surface area (Å²) in [5.74, 6) is 0.869. The third-order valence-electron chi connectivity index (χ3n) is 14.1. The minimum absolute atomic E-state index is 0.163. The minimum Gasteiger partial charge on any atom is -0.310 e. The van der Waals surface area contributed by atoms with Gasteiger partial charge in [0.25, 0.3) is 0 Å². The van der Waals surface area contributed by atoms with Crippen molar-refractivity contribution < 1.29 is 0 Å². The van der Waals surface area contributed by atoms with Crippen molar-refractivity contribution in [2.24, 2.45) is 17.3 Å². The molecular formula is C56H51N. The number of rotatable bonds is 6. The summed E-state index contributed by atoms with van der Waals surface area (Å²) >= 11 is 0. The van der Waals surface area contributed by atoms with Gasteiger partial charge in [0.15, 0.2) is 0 Å². The van der Waals surface area contributed by atoms with Gasteiger partial charge in [0, 0.05) is 22.9 Å². The highest BCUT2D eigenvalue weighted by molar-refractivity contribution is 5.99. The van der Waals surface area contributed by atoms with Gasteiger partial charge in [-0.15, -0.1) is 0 Å². The molecule has 0 radical (unpaired) electrons. The molecule has 1 nitrogen and oxygen atoms in total. The first kappa shape index (κ1) is 35.5. The molecule has 2 atom stereocenters. The molecule has 1 heteroatoms. The highest BCUT2D eigenvalue weighted by atomic mass is 15.1. The molecule has 0 bridgehead atoms. The summed E-state index contributed by atoms with van der Waals surface area (Å²) in [6.07, 6.45) is 14.3. The molecule has 6 aromatic carbocycles. The van der Waals surface area contributed by atoms with Crippen LogP contribution in [0, 0.1) is 44.9 Å². The number of anilines is 3. The molecule has 0 heterocycles. The SMILES string of the molecule is Cc1cc2c(cc1C)C(c1ccccc1)(c1ccccc1)c1c(C)c(C)cc(N(c3ccccc3)c3ccc(C4=CC=CC5C4C4=C(CCC=C4)C5(C)C)cc3)c1-2. The summed E-state index contributed by atoms with van der Waals surface area (Å²) < 4.78 is 0. The van der Waals surface area contributed by atoms with E-state index in [0.717, 1.165) is 17.8 Å². The fraction of sp³-hybridized carbons (Fsp3) is 0.214. The van der Waals surface area contributed by atoms with Gasteiger partial charge in [-0.05, 0) is 149 Å². The molecule has 0 saturated carbocycles. The summed E-state index contributed by atoms with van der Waals surface area (Å²) in [6, 6.07) is 50.3. The maximum absolute atomic E-state index is 2.52. The molecule has 0 spiro atoms. The Kier molecular flexibility index (Phi) is 8.31. The van der Waals surface area contributed by atoms with Crippen molar-refractivity contribution >= 4 is 22.6 Å². The molecule has 280 valence electrons. The molecular weight excluding hydrogens is 687 g/mol. The number of benzene rings is 6. The second-order valence-corrected chi connectivity index (χ2v) is 17.4. The van der Waals surface area contributed by atoms with Gasteiger partial charge in [-0.1, -0.05) is 153 Å². The van der Waals surface area contributed by atoms with Crippen LogP contribution >= 0.6 is 0 Å². The fourth-order valence-corrected chi connectivity index (χ4v) is 11.1. The van der Waals surface area contributed by atoms with Crippen molar-refractivity contribution in [2.45, 2.75) is 59.8 Å². The van der Waals surface area contributed by atoms with Crippen molar-refractivity contribution in [3.63, 3.8) is 0 Å². The van der Waals surface area contributed by atoms with Gasteiger partial charge in [-0.25, -0.2) is 0 Å². The van der Waals surface area contributed by atoms with E-state index in [1.54, 1.807) is 11.1 Å². The Morgan fingerprint density at radius 1 is 0.649 bits per heavy atom. The van der Waals surface area contributed by atoms with Crippen LogP contribution in [-0.4, -0.2) is 0 Å². The first-order valence-electron chi connectivity index (χ1n) is 20.8. The van der Waals surface area contributed by atoms with Crippen molar-refractivity contribution in [2.75, 3.05) is 4.90 Å². The zero-order valence-corrected chi connectivity index (χ0v) is 34.1. The van der Waals surface area contributed by atoms with E-state index in [0.29, 0.717) is 11.8 Å². The van der Waals surface area contributed by atoms with Gasteiger partial charge < -0.3 is 4.90 Å². The lowest BCUT2D eigenvalue weighted by atomic mass is 9.66. The van der Waals surface area contributed by atoms with Gasteiger partial charge >= 0.3 is 0 Å². The van der Waals surface area contributed by atoms with Crippen LogP contribution in [-0.2, 0) is 5.41 Å². The van der Waals surface area contributed by atoms with E-state index in [-0.39, 0.29) is 5.41 Å². The first-order chi connectivity index (χ1) is 27.7. The standard InChI is InChI=1S/C56H51N/c1-36-33-47-50(34-37(36)2)56(41-19-10-7-11-20-41,42-21-12-8-13-22-42)54-39(4)38(3)35-51(53(47)54)57(43-23-14-9-15-24-43)44-31-29-40(30-32-44)45-26-18-28-49-52(45)46-25-16-17-27-48(46)55(49,5)6/h7-16,18-26,28-35,49,52H,17,27H2,1-6H3. The molecule has 4 aliphatic carbocycles. The summed E-state index contributed by atoms with van der Waals surface area (Å²) in [6.45, 7) is 14.1. The zero-order valence-electron chi connectivity index (χ0n) is 34.1. The van der Waals surface area contributed by atoms with Crippen LogP contribution in [0.4, 0.5) is 17.1 Å². The number of hydrogen-bond donors (Lipinski definition) is 0. The Morgan fingerprint density at radius 3 is 1.93 bits per heavy atom. The highest BCUT2D eigenvalue weighted by Crippen LogP contribution is 2.62. The molecule has 57 heavy (non-hydrogen) atoms. The Bertz CT molecular complexity index is 2630. The van der Waals surface area contributed by atoms with Crippen LogP contribution in [0.15, 0.2) is 175 Å². The molecule has 0 N–H and O–H groups in total. The Labute approximate surface area is 339 Å². The van der Waals surface area contributed by atoms with Gasteiger partial charge in [0.1, 0.15) is 0 Å². The van der Waals surface area contributed by atoms with Crippen LogP contribution in [0.25, 0.3) is 16.7 Å². The van der Waals surface area contributed by atoms with Crippen LogP contribution in [0.3, 0.4) is 0 Å². The van der Waals surface area contributed by atoms with Gasteiger partial charge in [0.2, 0.25) is 0 Å². The van der Waals surface area contributed by atoms with E-state index in [1.165, 1.54) is 78.9 Å². The third-order valence-corrected chi connectivity index (χ3v) is 14.1. The quantitative estimate of drug-likeness (QED) is 0.164. The second kappa shape index (κ2) is 13.3. The van der Waals surface area contributed by atoms with Gasteiger partial charge in [-0.2, -0.15) is 0 Å². The largest absolute Gasteiger partial charge is 0.310 e. The van der Waals surface area contributed by atoms with E-state index in [9.17, 15) is 0 Å². The summed E-state index contributed by atoms with van der Waals surface area (Å²) in [5.41, 5.74) is 22.4. The predicted molar refractivity (Wildman–Crippen MR) is 241 cm³/mol. The van der Waals surface area contributed by atoms with E-state index in [1.807, 2.05) is 0 Å². The molecule has 0 amide bonds. The lowest BCUT2D eigenvalue weighted by Gasteiger charge is -2.36. The van der Waals surface area contributed by atoms with Crippen LogP contribution < -0.4 is 4.90 Å². The molecule has 2 unspecified atom stereocenters. The number of hydrogen-bond acceptors (Lipinski definition) is 1. The summed E-state index contributed by atoms with van der Waals surface area (Å²) in [4.78, 5) is 2.52.